The summed E-state index contributed by atoms with van der Waals surface area (Å²) in [6.07, 6.45) is 0. The van der Waals surface area contributed by atoms with E-state index in [0.717, 1.165) is 0 Å². The fourth-order valence-electron chi connectivity index (χ4n) is 1.10. The third-order valence-electron chi connectivity index (χ3n) is 1.84. The van der Waals surface area contributed by atoms with Crippen LogP contribution >= 0.6 is 0 Å². The highest BCUT2D eigenvalue weighted by Crippen LogP contribution is 2.23. The van der Waals surface area contributed by atoms with Crippen LogP contribution in [0.5, 0.6) is 5.75 Å². The number of nitriles is 1. The van der Waals surface area contributed by atoms with E-state index in [2.05, 4.69) is 4.74 Å². The van der Waals surface area contributed by atoms with Crippen molar-refractivity contribution in [2.75, 3.05) is 7.11 Å². The minimum Gasteiger partial charge on any atom is -0.506 e. The lowest BCUT2D eigenvalue weighted by atomic mass is 10.1. The minimum absolute atomic E-state index is 0.0744. The van der Waals surface area contributed by atoms with E-state index in [4.69, 9.17) is 5.26 Å². The molecule has 0 fully saturated rings. The number of aromatic hydroxyl groups is 1. The number of hydrogen-bond acceptors (Lipinski definition) is 4. The summed E-state index contributed by atoms with van der Waals surface area (Å²) in [5.41, 5.74) is 0.814. The number of ether oxygens (including phenoxy) is 1. The Bertz CT molecular complexity index is 419. The van der Waals surface area contributed by atoms with Crippen LogP contribution in [0.15, 0.2) is 12.1 Å². The Morgan fingerprint density at radius 3 is 2.44 bits per heavy atom. The van der Waals surface area contributed by atoms with Crippen LogP contribution in [0.25, 0.3) is 0 Å². The fourth-order valence-corrected chi connectivity index (χ4v) is 1.10. The molecule has 0 bridgehead atoms. The van der Waals surface area contributed by atoms with Gasteiger partial charge in [-0.15, -0.1) is 0 Å². The monoisotopic (exact) mass is 221 g/mol. The van der Waals surface area contributed by atoms with Crippen molar-refractivity contribution in [3.05, 3.63) is 28.8 Å². The third-order valence-corrected chi connectivity index (χ3v) is 1.84. The molecule has 0 aliphatic heterocycles. The van der Waals surface area contributed by atoms with Crippen molar-refractivity contribution < 1.29 is 14.6 Å². The molecular weight excluding hydrogens is 206 g/mol. The van der Waals surface area contributed by atoms with Crippen molar-refractivity contribution in [3.63, 3.8) is 0 Å². The number of carbonyl (C=O) groups is 1. The van der Waals surface area contributed by atoms with Crippen molar-refractivity contribution >= 4 is 5.97 Å². The number of nitrogens with zero attached hydrogens (tertiary/aromatic N) is 1. The third kappa shape index (κ3) is 2.99. The Morgan fingerprint density at radius 2 is 2.00 bits per heavy atom. The van der Waals surface area contributed by atoms with Gasteiger partial charge in [0, 0.05) is 0 Å². The molecule has 0 atom stereocenters. The molecule has 0 saturated carbocycles. The van der Waals surface area contributed by atoms with E-state index in [0.29, 0.717) is 5.56 Å². The number of methoxy groups -OCH3 is 1. The summed E-state index contributed by atoms with van der Waals surface area (Å²) in [6, 6.07) is 4.57. The van der Waals surface area contributed by atoms with E-state index >= 15 is 0 Å². The molecule has 1 aromatic carbocycles. The number of aryl methyl sites for hydroxylation is 1. The molecule has 0 radical (unpaired) electrons. The predicted octanol–water partition coefficient (Wildman–Crippen LogP) is 2.39. The molecule has 0 amide bonds. The second kappa shape index (κ2) is 6.46. The van der Waals surface area contributed by atoms with Crippen LogP contribution in [0.1, 0.15) is 35.3 Å². The van der Waals surface area contributed by atoms with Crippen LogP contribution in [0.4, 0.5) is 0 Å². The first kappa shape index (κ1) is 14.0. The van der Waals surface area contributed by atoms with Gasteiger partial charge in [0.05, 0.1) is 18.2 Å². The van der Waals surface area contributed by atoms with Crippen LogP contribution in [-0.4, -0.2) is 18.2 Å². The fraction of sp³-hybridized carbons (Fsp3) is 0.333. The van der Waals surface area contributed by atoms with E-state index in [-0.39, 0.29) is 16.9 Å². The largest absolute Gasteiger partial charge is 0.506 e. The second-order valence-electron chi connectivity index (χ2n) is 2.79. The molecule has 0 aromatic heterocycles. The number of esters is 1. The zero-order valence-corrected chi connectivity index (χ0v) is 9.87. The maximum Gasteiger partial charge on any atom is 0.337 e. The highest BCUT2D eigenvalue weighted by atomic mass is 16.5. The molecule has 0 aliphatic rings. The quantitative estimate of drug-likeness (QED) is 0.739. The van der Waals surface area contributed by atoms with E-state index in [1.54, 1.807) is 13.0 Å². The molecule has 4 heteroatoms. The van der Waals surface area contributed by atoms with Gasteiger partial charge in [0.25, 0.3) is 0 Å². The van der Waals surface area contributed by atoms with Crippen LogP contribution in [0, 0.1) is 18.3 Å². The molecule has 4 nitrogen and oxygen atoms in total. The zero-order chi connectivity index (χ0) is 12.7. The summed E-state index contributed by atoms with van der Waals surface area (Å²) in [5, 5.41) is 18.1. The van der Waals surface area contributed by atoms with Crippen LogP contribution in [-0.2, 0) is 4.74 Å². The molecule has 1 aromatic rings. The average Bonchev–Trinajstić information content (AvgIpc) is 2.34. The van der Waals surface area contributed by atoms with Gasteiger partial charge >= 0.3 is 5.97 Å². The van der Waals surface area contributed by atoms with Gasteiger partial charge < -0.3 is 9.84 Å². The maximum atomic E-state index is 11.1. The number of phenolic OH excluding ortho intramolecular Hbond substituents is 1. The normalized spacial score (nSPS) is 8.44. The van der Waals surface area contributed by atoms with E-state index in [1.165, 1.54) is 19.2 Å². The smallest absolute Gasteiger partial charge is 0.337 e. The number of benzene rings is 1. The summed E-state index contributed by atoms with van der Waals surface area (Å²) in [4.78, 5) is 11.1. The van der Waals surface area contributed by atoms with Gasteiger partial charge in [0.1, 0.15) is 11.8 Å². The summed E-state index contributed by atoms with van der Waals surface area (Å²) in [5.74, 6) is -0.621. The average molecular weight is 221 g/mol. The van der Waals surface area contributed by atoms with E-state index in [9.17, 15) is 9.90 Å². The molecule has 1 rings (SSSR count). The van der Waals surface area contributed by atoms with Gasteiger partial charge in [-0.05, 0) is 24.6 Å². The zero-order valence-electron chi connectivity index (χ0n) is 9.87. The molecule has 0 aliphatic carbocycles. The lowest BCUT2D eigenvalue weighted by Crippen LogP contribution is -2.02. The van der Waals surface area contributed by atoms with Gasteiger partial charge in [-0.25, -0.2) is 4.79 Å². The van der Waals surface area contributed by atoms with Gasteiger partial charge in [-0.1, -0.05) is 13.8 Å². The predicted molar refractivity (Wildman–Crippen MR) is 60.2 cm³/mol. The summed E-state index contributed by atoms with van der Waals surface area (Å²) in [6.45, 7) is 5.61. The van der Waals surface area contributed by atoms with Gasteiger partial charge in [-0.2, -0.15) is 5.26 Å². The maximum absolute atomic E-state index is 11.1. The SMILES string of the molecule is CC.COC(=O)c1cc(C)c(O)c(C#N)c1. The Kier molecular flexibility index (Phi) is 5.65. The first-order valence-corrected chi connectivity index (χ1v) is 4.92. The molecular formula is C12H15NO3. The highest BCUT2D eigenvalue weighted by molar-refractivity contribution is 5.90. The standard InChI is InChI=1S/C10H9NO3.C2H6/c1-6-3-7(10(13)14-2)4-8(5-11)9(6)12;1-2/h3-4,12H,1-2H3;1-2H3. The molecule has 16 heavy (non-hydrogen) atoms. The van der Waals surface area contributed by atoms with Crippen molar-refractivity contribution in [1.29, 1.82) is 5.26 Å². The van der Waals surface area contributed by atoms with Crippen LogP contribution in [0.3, 0.4) is 0 Å². The topological polar surface area (TPSA) is 70.3 Å². The van der Waals surface area contributed by atoms with E-state index < -0.39 is 5.97 Å². The van der Waals surface area contributed by atoms with Gasteiger partial charge in [-0.3, -0.25) is 0 Å². The Balaban J connectivity index is 0.00000106. The number of carbonyl (C=O) groups excluding carboxylic acids is 1. The summed E-state index contributed by atoms with van der Waals surface area (Å²) in [7, 11) is 1.26. The number of hydrogen-bond donors (Lipinski definition) is 1. The van der Waals surface area contributed by atoms with E-state index in [1.807, 2.05) is 13.8 Å². The molecule has 1 N–H and O–H groups in total. The molecule has 0 heterocycles. The van der Waals surface area contributed by atoms with Gasteiger partial charge in [0.15, 0.2) is 0 Å². The van der Waals surface area contributed by atoms with Gasteiger partial charge in [0.2, 0.25) is 0 Å². The number of phenols is 1. The lowest BCUT2D eigenvalue weighted by molar-refractivity contribution is 0.0600. The Labute approximate surface area is 95.1 Å². The van der Waals surface area contributed by atoms with Crippen molar-refractivity contribution in [3.8, 4) is 11.8 Å². The highest BCUT2D eigenvalue weighted by Gasteiger charge is 2.11. The van der Waals surface area contributed by atoms with Crippen LogP contribution < -0.4 is 0 Å². The molecule has 86 valence electrons. The molecule has 0 spiro atoms. The van der Waals surface area contributed by atoms with Crippen molar-refractivity contribution in [1.82, 2.24) is 0 Å². The summed E-state index contributed by atoms with van der Waals surface area (Å²) >= 11 is 0. The molecule has 0 saturated heterocycles. The van der Waals surface area contributed by atoms with Crippen molar-refractivity contribution in [2.24, 2.45) is 0 Å². The van der Waals surface area contributed by atoms with Crippen molar-refractivity contribution in [2.45, 2.75) is 20.8 Å². The molecule has 0 unspecified atom stereocenters. The minimum atomic E-state index is -0.524. The number of rotatable bonds is 1. The first-order valence-electron chi connectivity index (χ1n) is 4.92. The Morgan fingerprint density at radius 1 is 1.44 bits per heavy atom. The first-order chi connectivity index (χ1) is 7.60. The lowest BCUT2D eigenvalue weighted by Gasteiger charge is -2.04. The second-order valence-corrected chi connectivity index (χ2v) is 2.79. The Hall–Kier alpha value is -2.02. The summed E-state index contributed by atoms with van der Waals surface area (Å²) < 4.78 is 4.50. The van der Waals surface area contributed by atoms with Crippen LogP contribution in [0.2, 0.25) is 0 Å².